The molecule has 2 N–H and O–H groups in total. The smallest absolute Gasteiger partial charge is 0.303 e. The van der Waals surface area contributed by atoms with Crippen LogP contribution in [0.2, 0.25) is 5.02 Å². The number of hydrogen-bond donors (Lipinski definition) is 2. The molecule has 1 atom stereocenters. The highest BCUT2D eigenvalue weighted by molar-refractivity contribution is 6.32. The van der Waals surface area contributed by atoms with Crippen LogP contribution in [0.25, 0.3) is 11.0 Å². The fourth-order valence-corrected chi connectivity index (χ4v) is 4.61. The van der Waals surface area contributed by atoms with E-state index in [2.05, 4.69) is 76.1 Å². The second-order valence-electron chi connectivity index (χ2n) is 9.92. The Hall–Kier alpha value is -4.20. The summed E-state index contributed by atoms with van der Waals surface area (Å²) in [4.78, 5) is 14.9. The van der Waals surface area contributed by atoms with Crippen LogP contribution in [0, 0.1) is 0 Å². The lowest BCUT2D eigenvalue weighted by Gasteiger charge is -2.15. The van der Waals surface area contributed by atoms with E-state index in [1.54, 1.807) is 18.3 Å². The van der Waals surface area contributed by atoms with E-state index in [1.807, 2.05) is 25.1 Å². The lowest BCUT2D eigenvalue weighted by molar-refractivity contribution is -0.136. The summed E-state index contributed by atoms with van der Waals surface area (Å²) in [6, 6.07) is 30.2. The first-order chi connectivity index (χ1) is 20.5. The summed E-state index contributed by atoms with van der Waals surface area (Å²) < 4.78 is 11.1. The maximum Gasteiger partial charge on any atom is 0.303 e. The van der Waals surface area contributed by atoms with Crippen molar-refractivity contribution in [2.75, 3.05) is 6.54 Å². The third-order valence-corrected chi connectivity index (χ3v) is 6.96. The van der Waals surface area contributed by atoms with Crippen molar-refractivity contribution in [1.29, 1.82) is 0 Å². The molecule has 0 aliphatic carbocycles. The van der Waals surface area contributed by atoms with Gasteiger partial charge in [0.25, 0.3) is 0 Å². The number of carboxylic acid groups (broad SMARTS) is 1. The zero-order valence-corrected chi connectivity index (χ0v) is 24.5. The van der Waals surface area contributed by atoms with Crippen molar-refractivity contribution in [3.05, 3.63) is 125 Å². The molecule has 2 heterocycles. The number of nitrogens with one attached hydrogen (secondary N) is 1. The Morgan fingerprint density at radius 2 is 1.67 bits per heavy atom. The van der Waals surface area contributed by atoms with Crippen LogP contribution in [0.15, 0.2) is 102 Å². The number of hydrogen-bond acceptors (Lipinski definition) is 6. The molecular formula is C34H36ClN3O4. The first-order valence-corrected chi connectivity index (χ1v) is 14.5. The minimum atomic E-state index is -0.888. The molecule has 42 heavy (non-hydrogen) atoms. The van der Waals surface area contributed by atoms with Gasteiger partial charge in [-0.05, 0) is 62.1 Å². The molecule has 5 rings (SSSR count). The van der Waals surface area contributed by atoms with Gasteiger partial charge in [0.1, 0.15) is 11.9 Å². The second-order valence-corrected chi connectivity index (χ2v) is 10.3. The van der Waals surface area contributed by atoms with Gasteiger partial charge in [-0.25, -0.2) is 0 Å². The van der Waals surface area contributed by atoms with Crippen molar-refractivity contribution in [1.82, 2.24) is 15.5 Å². The largest absolute Gasteiger partial charge is 0.483 e. The number of aliphatic carboxylic acids is 1. The Kier molecular flexibility index (Phi) is 11.9. The minimum Gasteiger partial charge on any atom is -0.483 e. The maximum absolute atomic E-state index is 10.7. The average Bonchev–Trinajstić information content (AvgIpc) is 3.41. The third-order valence-electron chi connectivity index (χ3n) is 6.67. The van der Waals surface area contributed by atoms with Crippen molar-refractivity contribution in [3.8, 4) is 5.75 Å². The lowest BCUT2D eigenvalue weighted by Crippen LogP contribution is -2.14. The zero-order valence-electron chi connectivity index (χ0n) is 23.7. The van der Waals surface area contributed by atoms with Gasteiger partial charge in [-0.15, -0.1) is 0 Å². The number of aryl methyl sites for hydroxylation is 2. The molecule has 7 nitrogen and oxygen atoms in total. The molecule has 2 aromatic heterocycles. The third kappa shape index (κ3) is 9.72. The van der Waals surface area contributed by atoms with Crippen molar-refractivity contribution in [3.63, 3.8) is 0 Å². The van der Waals surface area contributed by atoms with E-state index in [0.29, 0.717) is 27.4 Å². The lowest BCUT2D eigenvalue weighted by atomic mass is 10.1. The van der Waals surface area contributed by atoms with Gasteiger partial charge in [-0.3, -0.25) is 9.78 Å². The minimum absolute atomic E-state index is 0.0196. The number of nitrogens with zero attached hydrogens (tertiary/aromatic N) is 2. The molecule has 0 fully saturated rings. The average molecular weight is 586 g/mol. The number of benzene rings is 3. The van der Waals surface area contributed by atoms with E-state index in [-0.39, 0.29) is 18.9 Å². The van der Waals surface area contributed by atoms with E-state index in [9.17, 15) is 4.79 Å². The van der Waals surface area contributed by atoms with Gasteiger partial charge in [0.05, 0.1) is 22.8 Å². The Balaban J connectivity index is 0.000000201. The van der Waals surface area contributed by atoms with Gasteiger partial charge in [-0.2, -0.15) is 0 Å². The monoisotopic (exact) mass is 585 g/mol. The van der Waals surface area contributed by atoms with Gasteiger partial charge < -0.3 is 19.7 Å². The van der Waals surface area contributed by atoms with Crippen LogP contribution in [0.5, 0.6) is 5.75 Å². The number of aromatic nitrogens is 2. The van der Waals surface area contributed by atoms with Crippen LogP contribution < -0.4 is 10.1 Å². The Labute approximate surface area is 251 Å². The summed E-state index contributed by atoms with van der Waals surface area (Å²) in [5, 5.41) is 17.3. The number of fused-ring (bicyclic) bond motifs is 1. The van der Waals surface area contributed by atoms with Crippen LogP contribution in [-0.4, -0.2) is 27.8 Å². The second kappa shape index (κ2) is 16.3. The SMILES string of the molecule is C[C@@H](Oc1cc2onc(CCC(=O)O)c2cc1Cl)c1ccccn1.c1ccc(CCCCNCc2ccccc2)cc1. The van der Waals surface area contributed by atoms with E-state index in [4.69, 9.17) is 26.0 Å². The van der Waals surface area contributed by atoms with Crippen molar-refractivity contribution >= 4 is 28.5 Å². The van der Waals surface area contributed by atoms with Gasteiger partial charge >= 0.3 is 5.97 Å². The molecule has 0 saturated carbocycles. The van der Waals surface area contributed by atoms with Crippen LogP contribution in [0.4, 0.5) is 0 Å². The zero-order chi connectivity index (χ0) is 29.6. The topological polar surface area (TPSA) is 97.5 Å². The molecule has 0 spiro atoms. The molecule has 218 valence electrons. The molecule has 0 aliphatic heterocycles. The van der Waals surface area contributed by atoms with Gasteiger partial charge in [0.2, 0.25) is 0 Å². The molecule has 8 heteroatoms. The quantitative estimate of drug-likeness (QED) is 0.136. The fourth-order valence-electron chi connectivity index (χ4n) is 4.40. The molecule has 0 radical (unpaired) electrons. The van der Waals surface area contributed by atoms with Crippen LogP contribution in [0.1, 0.15) is 54.8 Å². The number of rotatable bonds is 13. The number of halogens is 1. The molecule has 0 unspecified atom stereocenters. The Bertz CT molecular complexity index is 1470. The summed E-state index contributed by atoms with van der Waals surface area (Å²) in [5.41, 5.74) is 4.66. The highest BCUT2D eigenvalue weighted by atomic mass is 35.5. The summed E-state index contributed by atoms with van der Waals surface area (Å²) in [5.74, 6) is -0.426. The first-order valence-electron chi connectivity index (χ1n) is 14.2. The van der Waals surface area contributed by atoms with Crippen LogP contribution in [0.3, 0.4) is 0 Å². The fraction of sp³-hybridized carbons (Fsp3) is 0.265. The van der Waals surface area contributed by atoms with E-state index >= 15 is 0 Å². The van der Waals surface area contributed by atoms with E-state index in [0.717, 1.165) is 18.8 Å². The maximum atomic E-state index is 10.7. The number of ether oxygens (including phenoxy) is 1. The van der Waals surface area contributed by atoms with Crippen molar-refractivity contribution < 1.29 is 19.2 Å². The summed E-state index contributed by atoms with van der Waals surface area (Å²) in [6.45, 7) is 3.95. The van der Waals surface area contributed by atoms with Crippen LogP contribution >= 0.6 is 11.6 Å². The summed E-state index contributed by atoms with van der Waals surface area (Å²) in [7, 11) is 0. The predicted molar refractivity (Wildman–Crippen MR) is 166 cm³/mol. The molecule has 0 bridgehead atoms. The number of unbranched alkanes of at least 4 members (excludes halogenated alkanes) is 1. The molecule has 3 aromatic carbocycles. The Morgan fingerprint density at radius 1 is 0.952 bits per heavy atom. The normalized spacial score (nSPS) is 11.5. The first kappa shape index (κ1) is 30.8. The summed E-state index contributed by atoms with van der Waals surface area (Å²) in [6.07, 6.45) is 5.36. The van der Waals surface area contributed by atoms with E-state index in [1.165, 1.54) is 30.4 Å². The standard InChI is InChI=1S/C17H15ClN2O4.C17H21N/c1-10(13-4-2-3-7-19-13)23-16-9-15-11(8-12(16)18)14(20-24-15)5-6-17(21)22;1-3-9-16(10-4-1)11-7-8-14-18-15-17-12-5-2-6-13-17/h2-4,7-10H,5-6H2,1H3,(H,21,22);1-6,9-10,12-13,18H,7-8,11,14-15H2/t10-;/m1./s1. The van der Waals surface area contributed by atoms with Gasteiger partial charge in [0, 0.05) is 30.6 Å². The van der Waals surface area contributed by atoms with Crippen molar-refractivity contribution in [2.24, 2.45) is 0 Å². The molecule has 0 amide bonds. The highest BCUT2D eigenvalue weighted by Crippen LogP contribution is 2.34. The highest BCUT2D eigenvalue weighted by Gasteiger charge is 2.16. The van der Waals surface area contributed by atoms with E-state index < -0.39 is 5.97 Å². The molecule has 0 saturated heterocycles. The Morgan fingerprint density at radius 3 is 2.36 bits per heavy atom. The van der Waals surface area contributed by atoms with Crippen molar-refractivity contribution in [2.45, 2.75) is 51.7 Å². The van der Waals surface area contributed by atoms with Gasteiger partial charge in [0.15, 0.2) is 5.58 Å². The van der Waals surface area contributed by atoms with Gasteiger partial charge in [-0.1, -0.05) is 83.5 Å². The number of carboxylic acids is 1. The molecular weight excluding hydrogens is 550 g/mol. The molecule has 0 aliphatic rings. The number of pyridine rings is 1. The molecule has 5 aromatic rings. The van der Waals surface area contributed by atoms with Crippen LogP contribution in [-0.2, 0) is 24.2 Å². The summed E-state index contributed by atoms with van der Waals surface area (Å²) >= 11 is 6.30. The predicted octanol–water partition coefficient (Wildman–Crippen LogP) is 7.83. The number of carbonyl (C=O) groups is 1.